The van der Waals surface area contributed by atoms with Crippen molar-refractivity contribution >= 4 is 17.7 Å². The predicted molar refractivity (Wildman–Crippen MR) is 85.6 cm³/mol. The Kier molecular flexibility index (Phi) is 5.11. The fourth-order valence-electron chi connectivity index (χ4n) is 2.57. The van der Waals surface area contributed by atoms with Crippen molar-refractivity contribution in [3.63, 3.8) is 0 Å². The Balaban J connectivity index is 2.25. The van der Waals surface area contributed by atoms with E-state index in [1.807, 2.05) is 23.1 Å². The van der Waals surface area contributed by atoms with Crippen LogP contribution in [0.25, 0.3) is 0 Å². The first-order chi connectivity index (χ1) is 9.54. The topological polar surface area (TPSA) is 32.3 Å². The monoisotopic (exact) mass is 292 g/mol. The largest absolute Gasteiger partial charge is 0.320 e. The van der Waals surface area contributed by atoms with E-state index in [9.17, 15) is 4.79 Å². The summed E-state index contributed by atoms with van der Waals surface area (Å²) in [4.78, 5) is 14.6. The molecule has 3 atom stereocenters. The Labute approximate surface area is 126 Å². The number of thioether (sulfide) groups is 1. The highest BCUT2D eigenvalue weighted by atomic mass is 32.2. The van der Waals surface area contributed by atoms with Gasteiger partial charge in [0.2, 0.25) is 5.91 Å². The van der Waals surface area contributed by atoms with Crippen molar-refractivity contribution in [2.75, 3.05) is 12.8 Å². The van der Waals surface area contributed by atoms with Crippen LogP contribution in [-0.4, -0.2) is 34.9 Å². The van der Waals surface area contributed by atoms with E-state index in [4.69, 9.17) is 0 Å². The van der Waals surface area contributed by atoms with Gasteiger partial charge in [-0.3, -0.25) is 10.1 Å². The van der Waals surface area contributed by atoms with Crippen LogP contribution in [0.5, 0.6) is 0 Å². The Bertz CT molecular complexity index is 449. The molecule has 0 aliphatic carbocycles. The maximum atomic E-state index is 12.6. The first-order valence-electron chi connectivity index (χ1n) is 7.19. The smallest absolute Gasteiger partial charge is 0.241 e. The maximum absolute atomic E-state index is 12.6. The van der Waals surface area contributed by atoms with Crippen LogP contribution >= 0.6 is 11.8 Å². The second-order valence-corrected chi connectivity index (χ2v) is 7.01. The molecule has 1 amide bonds. The van der Waals surface area contributed by atoms with Crippen LogP contribution in [0.3, 0.4) is 0 Å². The van der Waals surface area contributed by atoms with E-state index in [2.05, 4.69) is 44.5 Å². The van der Waals surface area contributed by atoms with Crippen LogP contribution in [0.1, 0.15) is 32.5 Å². The van der Waals surface area contributed by atoms with Gasteiger partial charge in [-0.05, 0) is 17.7 Å². The Morgan fingerprint density at radius 1 is 1.25 bits per heavy atom. The summed E-state index contributed by atoms with van der Waals surface area (Å²) in [5.74, 6) is 0.540. The van der Waals surface area contributed by atoms with Gasteiger partial charge < -0.3 is 4.90 Å². The molecule has 1 aromatic carbocycles. The van der Waals surface area contributed by atoms with Gasteiger partial charge in [-0.1, -0.05) is 51.1 Å². The number of nitrogens with zero attached hydrogens (tertiary/aromatic N) is 1. The normalized spacial score (nSPS) is 24.4. The quantitative estimate of drug-likeness (QED) is 0.905. The summed E-state index contributed by atoms with van der Waals surface area (Å²) in [7, 11) is 0. The van der Waals surface area contributed by atoms with E-state index in [0.29, 0.717) is 11.2 Å². The maximum Gasteiger partial charge on any atom is 0.241 e. The molecule has 1 aliphatic rings. The third kappa shape index (κ3) is 3.18. The number of nitrogens with one attached hydrogen (secondary N) is 1. The molecule has 1 aromatic rings. The molecule has 1 fully saturated rings. The highest BCUT2D eigenvalue weighted by molar-refractivity contribution is 7.99. The summed E-state index contributed by atoms with van der Waals surface area (Å²) < 4.78 is 0. The molecule has 110 valence electrons. The molecule has 4 heteroatoms. The first kappa shape index (κ1) is 15.4. The average molecular weight is 292 g/mol. The summed E-state index contributed by atoms with van der Waals surface area (Å²) in [5, 5.41) is 3.95. The minimum atomic E-state index is -0.0748. The standard InChI is InChI=1S/C16H24N2OS/c1-11(2)14-16(19)18(10-12(3)20-4)15(17-14)13-8-6-5-7-9-13/h5-9,11-12,14-15,17H,10H2,1-4H3. The van der Waals surface area contributed by atoms with Crippen LogP contribution in [0, 0.1) is 5.92 Å². The van der Waals surface area contributed by atoms with Crippen LogP contribution in [0.2, 0.25) is 0 Å². The van der Waals surface area contributed by atoms with Gasteiger partial charge in [-0.15, -0.1) is 0 Å². The molecule has 0 spiro atoms. The third-order valence-corrected chi connectivity index (χ3v) is 4.79. The van der Waals surface area contributed by atoms with Gasteiger partial charge in [0.05, 0.1) is 6.04 Å². The molecular formula is C16H24N2OS. The van der Waals surface area contributed by atoms with E-state index >= 15 is 0 Å². The van der Waals surface area contributed by atoms with Crippen LogP contribution in [0.15, 0.2) is 30.3 Å². The van der Waals surface area contributed by atoms with Gasteiger partial charge in [-0.2, -0.15) is 11.8 Å². The molecule has 1 N–H and O–H groups in total. The van der Waals surface area contributed by atoms with Crippen LogP contribution in [0.4, 0.5) is 0 Å². The first-order valence-corrected chi connectivity index (χ1v) is 8.47. The lowest BCUT2D eigenvalue weighted by Gasteiger charge is -2.26. The minimum absolute atomic E-state index is 0.00528. The van der Waals surface area contributed by atoms with Crippen molar-refractivity contribution in [3.8, 4) is 0 Å². The van der Waals surface area contributed by atoms with Gasteiger partial charge in [0, 0.05) is 11.8 Å². The highest BCUT2D eigenvalue weighted by Crippen LogP contribution is 2.29. The Morgan fingerprint density at radius 2 is 1.90 bits per heavy atom. The van der Waals surface area contributed by atoms with Crippen molar-refractivity contribution < 1.29 is 4.79 Å². The zero-order chi connectivity index (χ0) is 14.7. The van der Waals surface area contributed by atoms with Gasteiger partial charge in [0.1, 0.15) is 6.17 Å². The second kappa shape index (κ2) is 6.64. The molecule has 0 aromatic heterocycles. The van der Waals surface area contributed by atoms with E-state index in [1.54, 1.807) is 11.8 Å². The van der Waals surface area contributed by atoms with Crippen LogP contribution in [-0.2, 0) is 4.79 Å². The number of hydrogen-bond donors (Lipinski definition) is 1. The molecule has 1 heterocycles. The average Bonchev–Trinajstić information content (AvgIpc) is 2.77. The molecule has 0 saturated carbocycles. The number of benzene rings is 1. The van der Waals surface area contributed by atoms with E-state index in [0.717, 1.165) is 12.1 Å². The molecule has 0 bridgehead atoms. The molecule has 0 radical (unpaired) electrons. The number of hydrogen-bond acceptors (Lipinski definition) is 3. The van der Waals surface area contributed by atoms with Gasteiger partial charge in [0.15, 0.2) is 0 Å². The lowest BCUT2D eigenvalue weighted by molar-refractivity contribution is -0.130. The van der Waals surface area contributed by atoms with Crippen molar-refractivity contribution in [1.29, 1.82) is 0 Å². The minimum Gasteiger partial charge on any atom is -0.320 e. The van der Waals surface area contributed by atoms with Crippen molar-refractivity contribution in [3.05, 3.63) is 35.9 Å². The zero-order valence-electron chi connectivity index (χ0n) is 12.7. The van der Waals surface area contributed by atoms with Crippen molar-refractivity contribution in [2.45, 2.75) is 38.2 Å². The van der Waals surface area contributed by atoms with E-state index < -0.39 is 0 Å². The van der Waals surface area contributed by atoms with Gasteiger partial charge in [0.25, 0.3) is 0 Å². The van der Waals surface area contributed by atoms with Crippen LogP contribution < -0.4 is 5.32 Å². The van der Waals surface area contributed by atoms with Crippen molar-refractivity contribution in [1.82, 2.24) is 10.2 Å². The summed E-state index contributed by atoms with van der Waals surface area (Å²) in [5.41, 5.74) is 1.16. The number of rotatable bonds is 5. The van der Waals surface area contributed by atoms with Gasteiger partial charge in [-0.25, -0.2) is 0 Å². The molecule has 3 unspecified atom stereocenters. The predicted octanol–water partition coefficient (Wildman–Crippen LogP) is 2.89. The lowest BCUT2D eigenvalue weighted by Crippen LogP contribution is -2.36. The molecule has 1 aliphatic heterocycles. The number of amides is 1. The fourth-order valence-corrected chi connectivity index (χ4v) is 2.88. The molecule has 3 nitrogen and oxygen atoms in total. The van der Waals surface area contributed by atoms with E-state index in [-0.39, 0.29) is 18.1 Å². The molecule has 2 rings (SSSR count). The molecule has 1 saturated heterocycles. The number of carbonyl (C=O) groups excluding carboxylic acids is 1. The summed E-state index contributed by atoms with van der Waals surface area (Å²) in [6.07, 6.45) is 2.10. The summed E-state index contributed by atoms with van der Waals surface area (Å²) in [6, 6.07) is 10.2. The Hall–Kier alpha value is -1.00. The molecular weight excluding hydrogens is 268 g/mol. The highest BCUT2D eigenvalue weighted by Gasteiger charge is 2.41. The summed E-state index contributed by atoms with van der Waals surface area (Å²) >= 11 is 1.80. The second-order valence-electron chi connectivity index (χ2n) is 5.74. The third-order valence-electron chi connectivity index (χ3n) is 3.84. The van der Waals surface area contributed by atoms with Gasteiger partial charge >= 0.3 is 0 Å². The molecule has 20 heavy (non-hydrogen) atoms. The zero-order valence-corrected chi connectivity index (χ0v) is 13.5. The fraction of sp³-hybridized carbons (Fsp3) is 0.562. The number of carbonyl (C=O) groups is 1. The van der Waals surface area contributed by atoms with Crippen molar-refractivity contribution in [2.24, 2.45) is 5.92 Å². The lowest BCUT2D eigenvalue weighted by atomic mass is 10.1. The van der Waals surface area contributed by atoms with E-state index in [1.165, 1.54) is 0 Å². The Morgan fingerprint density at radius 3 is 2.45 bits per heavy atom. The SMILES string of the molecule is CSC(C)CN1C(=O)C(C(C)C)NC1c1ccccc1. The summed E-state index contributed by atoms with van der Waals surface area (Å²) in [6.45, 7) is 7.15.